The van der Waals surface area contributed by atoms with Crippen LogP contribution in [0.15, 0.2) is 57.9 Å². The molecule has 1 atom stereocenters. The van der Waals surface area contributed by atoms with Crippen molar-refractivity contribution in [2.45, 2.75) is 12.5 Å². The molecule has 4 rings (SSSR count). The molecule has 4 N–H and O–H groups in total. The van der Waals surface area contributed by atoms with E-state index in [1.807, 2.05) is 6.08 Å². The van der Waals surface area contributed by atoms with Crippen LogP contribution in [0.4, 0.5) is 0 Å². The van der Waals surface area contributed by atoms with Crippen molar-refractivity contribution in [3.63, 3.8) is 0 Å². The third kappa shape index (κ3) is 2.98. The minimum Gasteiger partial charge on any atom is -0.369 e. The van der Waals surface area contributed by atoms with E-state index in [0.717, 1.165) is 18.9 Å². The minimum atomic E-state index is -4.57. The summed E-state index contributed by atoms with van der Waals surface area (Å²) in [6.07, 6.45) is 9.51. The molecular weight excluding hydrogens is 356 g/mol. The summed E-state index contributed by atoms with van der Waals surface area (Å²) in [5, 5.41) is 9.14. The Morgan fingerprint density at radius 3 is 3.00 bits per heavy atom. The Bertz CT molecular complexity index is 911. The first-order valence-electron chi connectivity index (χ1n) is 8.47. The highest BCUT2D eigenvalue weighted by molar-refractivity contribution is 7.90. The number of allylic oxidation sites excluding steroid dienone is 3. The lowest BCUT2D eigenvalue weighted by Gasteiger charge is -2.33. The Balaban J connectivity index is 1.60. The molecule has 1 unspecified atom stereocenters. The molecule has 0 aromatic heterocycles. The van der Waals surface area contributed by atoms with Gasteiger partial charge in [0.15, 0.2) is 0 Å². The van der Waals surface area contributed by atoms with Gasteiger partial charge in [0.2, 0.25) is 0 Å². The molecule has 0 bridgehead atoms. The number of nitrogens with one attached hydrogen (secondary N) is 3. The molecule has 1 fully saturated rings. The highest BCUT2D eigenvalue weighted by atomic mass is 32.2. The van der Waals surface area contributed by atoms with Gasteiger partial charge in [0.1, 0.15) is 10.7 Å². The van der Waals surface area contributed by atoms with Crippen molar-refractivity contribution in [3.8, 4) is 0 Å². The largest absolute Gasteiger partial charge is 0.369 e. The first-order chi connectivity index (χ1) is 12.4. The quantitative estimate of drug-likeness (QED) is 0.387. The molecule has 0 radical (unpaired) electrons. The van der Waals surface area contributed by atoms with Gasteiger partial charge in [0.05, 0.1) is 17.3 Å². The van der Waals surface area contributed by atoms with Crippen molar-refractivity contribution in [1.82, 2.24) is 20.9 Å². The number of nitrogens with zero attached hydrogens (tertiary/aromatic N) is 1. The van der Waals surface area contributed by atoms with Crippen molar-refractivity contribution < 1.29 is 17.8 Å². The fraction of sp³-hybridized carbons (Fsp3) is 0.353. The van der Waals surface area contributed by atoms with Crippen molar-refractivity contribution >= 4 is 16.0 Å². The zero-order valence-electron chi connectivity index (χ0n) is 14.0. The summed E-state index contributed by atoms with van der Waals surface area (Å²) >= 11 is 0. The van der Waals surface area contributed by atoms with Gasteiger partial charge in [0, 0.05) is 26.2 Å². The molecule has 0 aliphatic carbocycles. The SMILES string of the molecule is O=C(NCCC1=CCNC1)C1=CC2CNC3=CC=CC(=C1S(=O)(=O)O)N32. The number of hydrogen-bond donors (Lipinski definition) is 4. The Hall–Kier alpha value is -2.36. The van der Waals surface area contributed by atoms with Crippen LogP contribution in [0.2, 0.25) is 0 Å². The fourth-order valence-corrected chi connectivity index (χ4v) is 4.51. The molecule has 26 heavy (non-hydrogen) atoms. The van der Waals surface area contributed by atoms with Gasteiger partial charge in [-0.05, 0) is 24.6 Å². The van der Waals surface area contributed by atoms with E-state index >= 15 is 0 Å². The summed E-state index contributed by atoms with van der Waals surface area (Å²) in [4.78, 5) is 14.1. The van der Waals surface area contributed by atoms with Crippen LogP contribution in [-0.4, -0.2) is 56.0 Å². The maximum atomic E-state index is 12.7. The van der Waals surface area contributed by atoms with Crippen LogP contribution in [0.25, 0.3) is 0 Å². The monoisotopic (exact) mass is 376 g/mol. The Morgan fingerprint density at radius 1 is 1.42 bits per heavy atom. The summed E-state index contributed by atoms with van der Waals surface area (Å²) in [6.45, 7) is 2.61. The van der Waals surface area contributed by atoms with E-state index in [1.54, 1.807) is 23.1 Å². The average Bonchev–Trinajstić information content (AvgIpc) is 3.24. The minimum absolute atomic E-state index is 0.00289. The molecule has 9 heteroatoms. The van der Waals surface area contributed by atoms with E-state index in [9.17, 15) is 17.8 Å². The van der Waals surface area contributed by atoms with Gasteiger partial charge < -0.3 is 20.9 Å². The number of carbonyl (C=O) groups excluding carboxylic acids is 1. The van der Waals surface area contributed by atoms with Crippen LogP contribution in [0.1, 0.15) is 6.42 Å². The molecule has 4 heterocycles. The third-order valence-corrected chi connectivity index (χ3v) is 5.75. The third-order valence-electron chi connectivity index (χ3n) is 4.81. The van der Waals surface area contributed by atoms with Gasteiger partial charge in [0.25, 0.3) is 16.0 Å². The lowest BCUT2D eigenvalue weighted by atomic mass is 10.0. The van der Waals surface area contributed by atoms with Crippen LogP contribution in [0.3, 0.4) is 0 Å². The van der Waals surface area contributed by atoms with E-state index in [4.69, 9.17) is 0 Å². The van der Waals surface area contributed by atoms with Gasteiger partial charge in [-0.25, -0.2) is 0 Å². The van der Waals surface area contributed by atoms with E-state index < -0.39 is 16.0 Å². The maximum Gasteiger partial charge on any atom is 0.297 e. The van der Waals surface area contributed by atoms with Crippen molar-refractivity contribution in [2.75, 3.05) is 26.2 Å². The smallest absolute Gasteiger partial charge is 0.297 e. The lowest BCUT2D eigenvalue weighted by Crippen LogP contribution is -2.38. The topological polar surface area (TPSA) is 111 Å². The summed E-state index contributed by atoms with van der Waals surface area (Å²) in [6, 6.07) is -0.172. The van der Waals surface area contributed by atoms with Gasteiger partial charge in [-0.2, -0.15) is 8.42 Å². The number of rotatable bonds is 5. The summed E-state index contributed by atoms with van der Waals surface area (Å²) in [5.41, 5.74) is 1.53. The normalized spacial score (nSPS) is 24.0. The van der Waals surface area contributed by atoms with Gasteiger partial charge >= 0.3 is 0 Å². The van der Waals surface area contributed by atoms with Crippen molar-refractivity contribution in [2.24, 2.45) is 0 Å². The van der Waals surface area contributed by atoms with E-state index in [-0.39, 0.29) is 16.5 Å². The highest BCUT2D eigenvalue weighted by Gasteiger charge is 2.41. The molecule has 4 aliphatic heterocycles. The molecule has 1 saturated heterocycles. The van der Waals surface area contributed by atoms with Crippen LogP contribution < -0.4 is 16.0 Å². The standard InChI is InChI=1S/C17H20N4O4S/c22-17(19-7-5-11-4-6-18-9-11)13-8-12-10-20-15-3-1-2-14(21(12)15)16(13)26(23,24)25/h1-4,8,12,18,20H,5-7,9-10H2,(H,19,22)(H,23,24,25). The van der Waals surface area contributed by atoms with E-state index in [1.165, 1.54) is 5.57 Å². The second-order valence-corrected chi connectivity index (χ2v) is 7.86. The molecule has 8 nitrogen and oxygen atoms in total. The zero-order chi connectivity index (χ0) is 18.3. The van der Waals surface area contributed by atoms with Crippen LogP contribution >= 0.6 is 0 Å². The van der Waals surface area contributed by atoms with Crippen molar-refractivity contribution in [3.05, 3.63) is 57.9 Å². The first-order valence-corrected chi connectivity index (χ1v) is 9.91. The first kappa shape index (κ1) is 17.1. The molecular formula is C17H20N4O4S. The molecule has 0 saturated carbocycles. The molecule has 4 aliphatic rings. The Kier molecular flexibility index (Phi) is 4.22. The second-order valence-electron chi connectivity index (χ2n) is 6.50. The molecule has 138 valence electrons. The maximum absolute atomic E-state index is 12.7. The summed E-state index contributed by atoms with van der Waals surface area (Å²) < 4.78 is 33.8. The zero-order valence-corrected chi connectivity index (χ0v) is 14.8. The van der Waals surface area contributed by atoms with Gasteiger partial charge in [-0.3, -0.25) is 9.35 Å². The Labute approximate surface area is 151 Å². The van der Waals surface area contributed by atoms with Crippen LogP contribution in [0, 0.1) is 0 Å². The fourth-order valence-electron chi connectivity index (χ4n) is 3.64. The van der Waals surface area contributed by atoms with Gasteiger partial charge in [-0.15, -0.1) is 0 Å². The molecule has 0 aromatic carbocycles. The summed E-state index contributed by atoms with van der Waals surface area (Å²) in [7, 11) is -4.57. The predicted octanol–water partition coefficient (Wildman–Crippen LogP) is -0.253. The lowest BCUT2D eigenvalue weighted by molar-refractivity contribution is -0.117. The predicted molar refractivity (Wildman–Crippen MR) is 96.1 cm³/mol. The van der Waals surface area contributed by atoms with Crippen LogP contribution in [-0.2, 0) is 14.9 Å². The summed E-state index contributed by atoms with van der Waals surface area (Å²) in [5.74, 6) is 0.262. The van der Waals surface area contributed by atoms with Gasteiger partial charge in [-0.1, -0.05) is 17.7 Å². The van der Waals surface area contributed by atoms with E-state index in [0.29, 0.717) is 25.2 Å². The Morgan fingerprint density at radius 2 is 2.27 bits per heavy atom. The average molecular weight is 376 g/mol. The molecule has 0 spiro atoms. The highest BCUT2D eigenvalue weighted by Crippen LogP contribution is 2.37. The van der Waals surface area contributed by atoms with Crippen LogP contribution in [0.5, 0.6) is 0 Å². The number of hydrogen-bond acceptors (Lipinski definition) is 6. The molecule has 0 aromatic rings. The number of carbonyl (C=O) groups is 1. The second kappa shape index (κ2) is 6.42. The van der Waals surface area contributed by atoms with Crippen molar-refractivity contribution in [1.29, 1.82) is 0 Å². The van der Waals surface area contributed by atoms with E-state index in [2.05, 4.69) is 22.0 Å². The number of amides is 1. The molecule has 1 amide bonds.